The molecule has 3 amide bonds. The molecule has 1 atom stereocenters. The van der Waals surface area contributed by atoms with E-state index in [1.807, 2.05) is 61.6 Å². The van der Waals surface area contributed by atoms with Crippen molar-refractivity contribution in [1.29, 1.82) is 0 Å². The summed E-state index contributed by atoms with van der Waals surface area (Å²) in [5.41, 5.74) is 1.91. The SMILES string of the molecule is CN1CC[C@H](NC(=O)c2sc3nccc4c3c2NC(=O)N4c2ccc(Oc3ccccc3)cc2)C1. The predicted octanol–water partition coefficient (Wildman–Crippen LogP) is 5.21. The van der Waals surface area contributed by atoms with Crippen molar-refractivity contribution >= 4 is 50.6 Å². The monoisotopic (exact) mass is 485 g/mol. The zero-order valence-electron chi connectivity index (χ0n) is 19.0. The van der Waals surface area contributed by atoms with Gasteiger partial charge in [-0.2, -0.15) is 0 Å². The number of hydrogen-bond donors (Lipinski definition) is 2. The lowest BCUT2D eigenvalue weighted by atomic mass is 10.1. The van der Waals surface area contributed by atoms with Crippen LogP contribution in [0.25, 0.3) is 10.2 Å². The quantitative estimate of drug-likeness (QED) is 0.405. The molecule has 9 heteroatoms. The van der Waals surface area contributed by atoms with E-state index in [-0.39, 0.29) is 18.0 Å². The first-order chi connectivity index (χ1) is 17.1. The summed E-state index contributed by atoms with van der Waals surface area (Å²) in [6, 6.07) is 18.4. The summed E-state index contributed by atoms with van der Waals surface area (Å²) >= 11 is 1.30. The van der Waals surface area contributed by atoms with Crippen LogP contribution in [-0.4, -0.2) is 48.0 Å². The number of likely N-dealkylation sites (N-methyl/N-ethyl adjacent to an activating group) is 1. The summed E-state index contributed by atoms with van der Waals surface area (Å²) in [4.78, 5) is 35.8. The van der Waals surface area contributed by atoms with Crippen LogP contribution in [0.3, 0.4) is 0 Å². The standard InChI is InChI=1S/C26H23N5O3S/c1-30-14-12-16(15-30)28-24(32)23-22-21-20(11-13-27-25(21)35-23)31(26(33)29-22)17-7-9-19(10-8-17)34-18-5-3-2-4-6-18/h2-11,13,16H,12,14-15H2,1H3,(H,28,32)(H,29,33)/t16-/m0/s1. The van der Waals surface area contributed by atoms with Crippen LogP contribution in [0, 0.1) is 0 Å². The number of likely N-dealkylation sites (tertiary alicyclic amines) is 1. The third-order valence-corrected chi connectivity index (χ3v) is 7.35. The molecule has 4 aromatic rings. The zero-order chi connectivity index (χ0) is 23.9. The molecular formula is C26H23N5O3S. The van der Waals surface area contributed by atoms with Crippen molar-refractivity contribution in [3.63, 3.8) is 0 Å². The van der Waals surface area contributed by atoms with Gasteiger partial charge in [-0.15, -0.1) is 11.3 Å². The number of rotatable bonds is 5. The number of nitrogens with one attached hydrogen (secondary N) is 2. The van der Waals surface area contributed by atoms with Crippen LogP contribution in [0.1, 0.15) is 16.1 Å². The summed E-state index contributed by atoms with van der Waals surface area (Å²) in [6.07, 6.45) is 2.58. The molecule has 4 heterocycles. The molecule has 6 rings (SSSR count). The highest BCUT2D eigenvalue weighted by molar-refractivity contribution is 7.21. The molecule has 0 bridgehead atoms. The summed E-state index contributed by atoms with van der Waals surface area (Å²) in [7, 11) is 2.04. The van der Waals surface area contributed by atoms with Crippen LogP contribution in [0.15, 0.2) is 66.9 Å². The Morgan fingerprint density at radius 1 is 1.11 bits per heavy atom. The van der Waals surface area contributed by atoms with Gasteiger partial charge in [-0.05, 0) is 62.5 Å². The van der Waals surface area contributed by atoms with Gasteiger partial charge in [0.1, 0.15) is 21.2 Å². The number of carbonyl (C=O) groups excluding carboxylic acids is 2. The number of benzene rings is 2. The van der Waals surface area contributed by atoms with Gasteiger partial charge in [0.25, 0.3) is 5.91 Å². The Bertz CT molecular complexity index is 1420. The number of aromatic nitrogens is 1. The Morgan fingerprint density at radius 3 is 2.63 bits per heavy atom. The number of hydrogen-bond acceptors (Lipinski definition) is 6. The first kappa shape index (κ1) is 21.6. The minimum Gasteiger partial charge on any atom is -0.457 e. The maximum atomic E-state index is 13.3. The van der Waals surface area contributed by atoms with Crippen molar-refractivity contribution in [1.82, 2.24) is 15.2 Å². The fourth-order valence-electron chi connectivity index (χ4n) is 4.59. The Morgan fingerprint density at radius 2 is 1.89 bits per heavy atom. The van der Waals surface area contributed by atoms with Crippen LogP contribution in [0.2, 0.25) is 0 Å². The topological polar surface area (TPSA) is 86.8 Å². The maximum absolute atomic E-state index is 13.3. The molecule has 2 aromatic carbocycles. The van der Waals surface area contributed by atoms with E-state index in [1.165, 1.54) is 11.3 Å². The lowest BCUT2D eigenvalue weighted by molar-refractivity contribution is 0.0943. The van der Waals surface area contributed by atoms with Gasteiger partial charge in [0.2, 0.25) is 0 Å². The van der Waals surface area contributed by atoms with E-state index in [4.69, 9.17) is 4.74 Å². The van der Waals surface area contributed by atoms with Crippen LogP contribution in [-0.2, 0) is 0 Å². The van der Waals surface area contributed by atoms with E-state index >= 15 is 0 Å². The minimum atomic E-state index is -0.324. The number of urea groups is 1. The molecule has 35 heavy (non-hydrogen) atoms. The number of carbonyl (C=O) groups is 2. The van der Waals surface area contributed by atoms with Crippen molar-refractivity contribution in [3.8, 4) is 11.5 Å². The Labute approximate surface area is 206 Å². The zero-order valence-corrected chi connectivity index (χ0v) is 19.8. The van der Waals surface area contributed by atoms with Gasteiger partial charge in [0.15, 0.2) is 0 Å². The molecule has 2 aliphatic rings. The normalized spacial score (nSPS) is 17.5. The lowest BCUT2D eigenvalue weighted by Crippen LogP contribution is -2.37. The van der Waals surface area contributed by atoms with Crippen molar-refractivity contribution in [2.24, 2.45) is 0 Å². The van der Waals surface area contributed by atoms with Crippen molar-refractivity contribution < 1.29 is 14.3 Å². The average molecular weight is 486 g/mol. The molecule has 1 fully saturated rings. The fourth-order valence-corrected chi connectivity index (χ4v) is 5.61. The van der Waals surface area contributed by atoms with Crippen LogP contribution >= 0.6 is 11.3 Å². The van der Waals surface area contributed by atoms with E-state index in [2.05, 4.69) is 20.5 Å². The highest BCUT2D eigenvalue weighted by Crippen LogP contribution is 2.45. The third kappa shape index (κ3) is 3.98. The Hall–Kier alpha value is -3.95. The van der Waals surface area contributed by atoms with Gasteiger partial charge in [0, 0.05) is 18.8 Å². The maximum Gasteiger partial charge on any atom is 0.331 e. The van der Waals surface area contributed by atoms with Crippen molar-refractivity contribution in [2.45, 2.75) is 12.5 Å². The van der Waals surface area contributed by atoms with Crippen molar-refractivity contribution in [2.75, 3.05) is 30.4 Å². The molecular weight excluding hydrogens is 462 g/mol. The Balaban J connectivity index is 1.31. The summed E-state index contributed by atoms with van der Waals surface area (Å²) in [6.45, 7) is 1.77. The van der Waals surface area contributed by atoms with Crippen LogP contribution < -0.4 is 20.3 Å². The second-order valence-electron chi connectivity index (χ2n) is 8.71. The highest BCUT2D eigenvalue weighted by atomic mass is 32.1. The van der Waals surface area contributed by atoms with E-state index in [0.29, 0.717) is 32.5 Å². The highest BCUT2D eigenvalue weighted by Gasteiger charge is 2.33. The number of amides is 3. The number of thiophene rings is 1. The second-order valence-corrected chi connectivity index (χ2v) is 9.71. The van der Waals surface area contributed by atoms with Gasteiger partial charge in [-0.25, -0.2) is 9.78 Å². The minimum absolute atomic E-state index is 0.102. The van der Waals surface area contributed by atoms with E-state index in [0.717, 1.165) is 30.6 Å². The molecule has 2 N–H and O–H groups in total. The van der Waals surface area contributed by atoms with Crippen LogP contribution in [0.5, 0.6) is 11.5 Å². The number of nitrogens with zero attached hydrogens (tertiary/aromatic N) is 3. The van der Waals surface area contributed by atoms with Crippen molar-refractivity contribution in [3.05, 3.63) is 71.7 Å². The number of para-hydroxylation sites is 1. The van der Waals surface area contributed by atoms with Gasteiger partial charge in [0.05, 0.1) is 22.4 Å². The molecule has 0 aliphatic carbocycles. The summed E-state index contributed by atoms with van der Waals surface area (Å²) < 4.78 is 5.88. The lowest BCUT2D eigenvalue weighted by Gasteiger charge is -2.28. The van der Waals surface area contributed by atoms with Crippen LogP contribution in [0.4, 0.5) is 21.9 Å². The van der Waals surface area contributed by atoms with E-state index in [9.17, 15) is 9.59 Å². The smallest absolute Gasteiger partial charge is 0.331 e. The third-order valence-electron chi connectivity index (χ3n) is 6.25. The largest absolute Gasteiger partial charge is 0.457 e. The fraction of sp³-hybridized carbons (Fsp3) is 0.192. The molecule has 2 aliphatic heterocycles. The molecule has 8 nitrogen and oxygen atoms in total. The molecule has 1 saturated heterocycles. The first-order valence-corrected chi connectivity index (χ1v) is 12.2. The molecule has 2 aromatic heterocycles. The molecule has 0 spiro atoms. The van der Waals surface area contributed by atoms with E-state index < -0.39 is 0 Å². The van der Waals surface area contributed by atoms with E-state index in [1.54, 1.807) is 17.2 Å². The first-order valence-electron chi connectivity index (χ1n) is 11.4. The molecule has 0 unspecified atom stereocenters. The van der Waals surface area contributed by atoms with Gasteiger partial charge >= 0.3 is 6.03 Å². The van der Waals surface area contributed by atoms with Gasteiger partial charge in [-0.1, -0.05) is 18.2 Å². The molecule has 0 saturated carbocycles. The molecule has 0 radical (unpaired) electrons. The van der Waals surface area contributed by atoms with Gasteiger partial charge in [-0.3, -0.25) is 9.69 Å². The second kappa shape index (κ2) is 8.68. The number of anilines is 3. The predicted molar refractivity (Wildman–Crippen MR) is 137 cm³/mol. The molecule has 176 valence electrons. The Kier molecular flexibility index (Phi) is 5.35. The summed E-state index contributed by atoms with van der Waals surface area (Å²) in [5, 5.41) is 6.83. The number of pyridine rings is 1. The summed E-state index contributed by atoms with van der Waals surface area (Å²) in [5.74, 6) is 1.24. The van der Waals surface area contributed by atoms with Gasteiger partial charge < -0.3 is 20.3 Å². The average Bonchev–Trinajstić information content (AvgIpc) is 3.44. The number of ether oxygens (including phenoxy) is 1.